The summed E-state index contributed by atoms with van der Waals surface area (Å²) in [6.07, 6.45) is 0. The Kier molecular flexibility index (Phi) is 2.72. The fourth-order valence-corrected chi connectivity index (χ4v) is 8.10. The smallest absolute Gasteiger partial charge is 0.170 e. The first-order valence-electron chi connectivity index (χ1n) is 3.27. The van der Waals surface area contributed by atoms with Gasteiger partial charge in [0.1, 0.15) is 0 Å². The Labute approximate surface area is 60.0 Å². The molecule has 0 aliphatic heterocycles. The van der Waals surface area contributed by atoms with Gasteiger partial charge in [-0.2, -0.15) is 0 Å². The quantitative estimate of drug-likeness (QED) is 0.416. The molecule has 0 unspecified atom stereocenters. The van der Waals surface area contributed by atoms with Gasteiger partial charge in [-0.25, -0.2) is 0 Å². The molecule has 0 heterocycles. The minimum absolute atomic E-state index is 0.851. The van der Waals surface area contributed by atoms with Gasteiger partial charge in [-0.15, -0.1) is 0 Å². The van der Waals surface area contributed by atoms with Gasteiger partial charge >= 0.3 is 0 Å². The van der Waals surface area contributed by atoms with Crippen LogP contribution in [0.5, 0.6) is 0 Å². The van der Waals surface area contributed by atoms with Gasteiger partial charge in [0.15, 0.2) is 8.24 Å². The van der Waals surface area contributed by atoms with E-state index in [2.05, 4.69) is 39.6 Å². The molecule has 0 aliphatic carbocycles. The highest BCUT2D eigenvalue weighted by Gasteiger charge is 2.12. The van der Waals surface area contributed by atoms with E-state index >= 15 is 0 Å². The van der Waals surface area contributed by atoms with Crippen LogP contribution in [-0.2, 0) is 0 Å². The fraction of sp³-hybridized carbons (Fsp3) is 1.00. The van der Waals surface area contributed by atoms with Gasteiger partial charge in [0.05, 0.1) is 0 Å². The van der Waals surface area contributed by atoms with Crippen LogP contribution >= 0.6 is 7.05 Å². The van der Waals surface area contributed by atoms with Crippen LogP contribution in [0.1, 0.15) is 0 Å². The molecule has 0 N–H and O–H groups in total. The lowest BCUT2D eigenvalue weighted by Gasteiger charge is -2.16. The molecular weight excluding hydrogens is 145 g/mol. The fourth-order valence-electron chi connectivity index (χ4n) is 0.900. The zero-order valence-electron chi connectivity index (χ0n) is 7.39. The Bertz CT molecular complexity index is 131. The van der Waals surface area contributed by atoms with E-state index in [1.165, 1.54) is 0 Å². The van der Waals surface area contributed by atoms with Crippen molar-refractivity contribution in [2.75, 3.05) is 20.0 Å². The molecule has 0 aromatic rings. The predicted octanol–water partition coefficient (Wildman–Crippen LogP) is 2.91. The minimum atomic E-state index is -1.12. The van der Waals surface area contributed by atoms with Crippen molar-refractivity contribution < 1.29 is 0 Å². The summed E-state index contributed by atoms with van der Waals surface area (Å²) in [7, 11) is -1.97. The highest BCUT2D eigenvalue weighted by Crippen LogP contribution is 2.37. The summed E-state index contributed by atoms with van der Waals surface area (Å²) in [5.74, 6) is 0. The summed E-state index contributed by atoms with van der Waals surface area (Å²) < 4.78 is 4.79. The lowest BCUT2D eigenvalue weighted by molar-refractivity contribution is 1.58. The first kappa shape index (κ1) is 9.45. The van der Waals surface area contributed by atoms with E-state index in [-0.39, 0.29) is 0 Å². The molecule has 0 saturated carbocycles. The highest BCUT2D eigenvalue weighted by molar-refractivity contribution is 7.65. The largest absolute Gasteiger partial charge is 0.339 e. The summed E-state index contributed by atoms with van der Waals surface area (Å²) >= 11 is 0. The van der Waals surface area contributed by atoms with Crippen LogP contribution < -0.4 is 0 Å². The normalized spacial score (nSPS) is 13.6. The van der Waals surface area contributed by atoms with Crippen molar-refractivity contribution in [1.82, 2.24) is 0 Å². The molecule has 0 radical (unpaired) electrons. The lowest BCUT2D eigenvalue weighted by atomic mass is 11.8. The molecular formula is C6H18NPSi. The zero-order chi connectivity index (χ0) is 7.71. The molecule has 9 heavy (non-hydrogen) atoms. The minimum Gasteiger partial charge on any atom is -0.339 e. The molecule has 3 heteroatoms. The molecule has 0 bridgehead atoms. The molecule has 0 spiro atoms. The number of nitrogens with zero attached hydrogens (tertiary/aromatic N) is 1. The second-order valence-electron chi connectivity index (χ2n) is 4.21. The maximum absolute atomic E-state index is 4.79. The Morgan fingerprint density at radius 2 is 1.33 bits per heavy atom. The van der Waals surface area contributed by atoms with Crippen LogP contribution in [0.25, 0.3) is 0 Å². The topological polar surface area (TPSA) is 12.4 Å². The first-order chi connectivity index (χ1) is 3.71. The van der Waals surface area contributed by atoms with Gasteiger partial charge in [-0.05, 0) is 27.0 Å². The lowest BCUT2D eigenvalue weighted by Crippen LogP contribution is -2.15. The molecule has 1 nitrogen and oxygen atoms in total. The van der Waals surface area contributed by atoms with E-state index in [0.717, 1.165) is 0 Å². The van der Waals surface area contributed by atoms with Crippen molar-refractivity contribution in [3.8, 4) is 0 Å². The number of hydrogen-bond donors (Lipinski definition) is 0. The van der Waals surface area contributed by atoms with E-state index in [0.29, 0.717) is 0 Å². The molecule has 0 aromatic heterocycles. The standard InChI is InChI=1S/C6H18NPSi/c1-8(2,3)7-9(4,5)6/h1-6H3. The Morgan fingerprint density at radius 1 is 1.00 bits per heavy atom. The third kappa shape index (κ3) is 8.45. The van der Waals surface area contributed by atoms with E-state index in [4.69, 9.17) is 4.41 Å². The van der Waals surface area contributed by atoms with Crippen molar-refractivity contribution in [2.24, 2.45) is 4.41 Å². The summed E-state index contributed by atoms with van der Waals surface area (Å²) in [6, 6.07) is 0. The van der Waals surface area contributed by atoms with E-state index in [1.54, 1.807) is 0 Å². The van der Waals surface area contributed by atoms with Crippen LogP contribution in [0.15, 0.2) is 4.41 Å². The third-order valence-electron chi connectivity index (χ3n) is 0.600. The van der Waals surface area contributed by atoms with Crippen LogP contribution in [0.3, 0.4) is 0 Å². The summed E-state index contributed by atoms with van der Waals surface area (Å²) in [5, 5.41) is 0. The van der Waals surface area contributed by atoms with E-state index < -0.39 is 15.3 Å². The SMILES string of the molecule is C[Si](C)(C)N=P(C)(C)C. The van der Waals surface area contributed by atoms with Crippen LogP contribution in [0, 0.1) is 0 Å². The monoisotopic (exact) mass is 163 g/mol. The summed E-state index contributed by atoms with van der Waals surface area (Å²) in [5.41, 5.74) is 0. The highest BCUT2D eigenvalue weighted by atomic mass is 31.2. The van der Waals surface area contributed by atoms with Gasteiger partial charge in [0.2, 0.25) is 0 Å². The Morgan fingerprint density at radius 3 is 1.33 bits per heavy atom. The molecule has 0 fully saturated rings. The predicted molar refractivity (Wildman–Crippen MR) is 50.5 cm³/mol. The summed E-state index contributed by atoms with van der Waals surface area (Å²) in [6.45, 7) is 13.7. The average molecular weight is 163 g/mol. The molecule has 0 saturated heterocycles. The van der Waals surface area contributed by atoms with Crippen LogP contribution in [-0.4, -0.2) is 28.2 Å². The molecule has 0 amide bonds. The maximum atomic E-state index is 4.79. The van der Waals surface area contributed by atoms with Gasteiger partial charge in [0.25, 0.3) is 0 Å². The van der Waals surface area contributed by atoms with Crippen molar-refractivity contribution in [1.29, 1.82) is 0 Å². The van der Waals surface area contributed by atoms with Crippen molar-refractivity contribution in [3.05, 3.63) is 0 Å². The average Bonchev–Trinajstić information content (AvgIpc) is 1.14. The molecule has 0 rings (SSSR count). The number of hydrogen-bond acceptors (Lipinski definition) is 1. The van der Waals surface area contributed by atoms with Crippen LogP contribution in [0.2, 0.25) is 19.6 Å². The second-order valence-corrected chi connectivity index (χ2v) is 13.2. The Hall–Kier alpha value is 0.447. The molecule has 56 valence electrons. The van der Waals surface area contributed by atoms with E-state index in [9.17, 15) is 0 Å². The van der Waals surface area contributed by atoms with Gasteiger partial charge < -0.3 is 4.41 Å². The summed E-state index contributed by atoms with van der Waals surface area (Å²) in [4.78, 5) is 0. The molecule has 0 aliphatic rings. The van der Waals surface area contributed by atoms with Crippen molar-refractivity contribution >= 4 is 15.3 Å². The van der Waals surface area contributed by atoms with Gasteiger partial charge in [0, 0.05) is 0 Å². The van der Waals surface area contributed by atoms with Crippen molar-refractivity contribution in [3.63, 3.8) is 0 Å². The van der Waals surface area contributed by atoms with Crippen molar-refractivity contribution in [2.45, 2.75) is 19.6 Å². The maximum Gasteiger partial charge on any atom is 0.170 e. The Balaban J connectivity index is 4.32. The molecule has 0 aromatic carbocycles. The second kappa shape index (κ2) is 2.59. The number of rotatable bonds is 1. The zero-order valence-corrected chi connectivity index (χ0v) is 9.29. The molecule has 0 atom stereocenters. The first-order valence-corrected chi connectivity index (χ1v) is 9.80. The van der Waals surface area contributed by atoms with Gasteiger partial charge in [-0.1, -0.05) is 19.6 Å². The van der Waals surface area contributed by atoms with Gasteiger partial charge in [-0.3, -0.25) is 0 Å². The third-order valence-corrected chi connectivity index (χ3v) is 5.40. The van der Waals surface area contributed by atoms with E-state index in [1.807, 2.05) is 0 Å². The van der Waals surface area contributed by atoms with Crippen LogP contribution in [0.4, 0.5) is 0 Å².